The second-order valence-corrected chi connectivity index (χ2v) is 9.98. The van der Waals surface area contributed by atoms with Gasteiger partial charge in [0.05, 0.1) is 10.0 Å². The van der Waals surface area contributed by atoms with Crippen LogP contribution in [0.25, 0.3) is 5.57 Å². The number of halogens is 1. The van der Waals surface area contributed by atoms with E-state index in [1.807, 2.05) is 53.7 Å². The highest BCUT2D eigenvalue weighted by Gasteiger charge is 2.34. The van der Waals surface area contributed by atoms with E-state index in [0.717, 1.165) is 11.1 Å². The van der Waals surface area contributed by atoms with Crippen molar-refractivity contribution in [1.82, 2.24) is 4.98 Å². The first-order valence-electron chi connectivity index (χ1n) is 9.15. The molecule has 0 spiro atoms. The van der Waals surface area contributed by atoms with Crippen molar-refractivity contribution in [3.8, 4) is 5.75 Å². The van der Waals surface area contributed by atoms with Gasteiger partial charge in [-0.1, -0.05) is 41.5 Å². The summed E-state index contributed by atoms with van der Waals surface area (Å²) < 4.78 is 0.225. The zero-order chi connectivity index (χ0) is 21.0. The summed E-state index contributed by atoms with van der Waals surface area (Å²) in [5, 5.41) is 10.9. The molecular weight excluding hydrogens is 418 g/mol. The predicted octanol–water partition coefficient (Wildman–Crippen LogP) is 5.57. The van der Waals surface area contributed by atoms with Crippen LogP contribution in [0.1, 0.15) is 78.9 Å². The summed E-state index contributed by atoms with van der Waals surface area (Å²) in [5.41, 5.74) is 2.40. The Morgan fingerprint density at radius 1 is 0.893 bits per heavy atom. The molecule has 1 N–H and O–H groups in total. The topological polar surface area (TPSA) is 67.3 Å². The minimum atomic E-state index is -0.337. The van der Waals surface area contributed by atoms with Gasteiger partial charge in [0.15, 0.2) is 5.78 Å². The van der Waals surface area contributed by atoms with Crippen molar-refractivity contribution < 1.29 is 14.7 Å². The van der Waals surface area contributed by atoms with Crippen molar-refractivity contribution in [3.05, 3.63) is 62.9 Å². The molecule has 1 aliphatic carbocycles. The van der Waals surface area contributed by atoms with E-state index in [1.54, 1.807) is 6.07 Å². The molecule has 0 saturated heterocycles. The summed E-state index contributed by atoms with van der Waals surface area (Å²) in [6, 6.07) is 5.21. The maximum Gasteiger partial charge on any atom is 0.203 e. The Morgan fingerprint density at radius 2 is 1.43 bits per heavy atom. The lowest BCUT2D eigenvalue weighted by Crippen LogP contribution is -2.22. The Hall–Kier alpha value is -2.27. The van der Waals surface area contributed by atoms with Gasteiger partial charge in [0.1, 0.15) is 5.75 Å². The van der Waals surface area contributed by atoms with Crippen LogP contribution in [0.15, 0.2) is 35.1 Å². The van der Waals surface area contributed by atoms with Crippen molar-refractivity contribution in [2.45, 2.75) is 52.4 Å². The largest absolute Gasteiger partial charge is 0.507 e. The third kappa shape index (κ3) is 3.32. The molecule has 1 aromatic heterocycles. The number of hydrogen-bond donors (Lipinski definition) is 1. The van der Waals surface area contributed by atoms with Gasteiger partial charge in [-0.25, -0.2) is 0 Å². The van der Waals surface area contributed by atoms with Crippen LogP contribution in [-0.4, -0.2) is 21.7 Å². The standard InChI is InChI=1S/C23H24BrNO3/c1-22(2,3)15-9-12(10-16(21(15)28)23(4,5)6)17-18(24)20(27)14-11-25-8-7-13(14)19(17)26/h7-11,28H,1-6H3. The number of carbonyl (C=O) groups is 2. The van der Waals surface area contributed by atoms with Gasteiger partial charge in [0, 0.05) is 34.7 Å². The van der Waals surface area contributed by atoms with Crippen LogP contribution >= 0.6 is 15.9 Å². The Kier molecular flexibility index (Phi) is 4.87. The molecule has 3 rings (SSSR count). The number of ketones is 2. The molecule has 0 amide bonds. The second kappa shape index (κ2) is 6.66. The summed E-state index contributed by atoms with van der Waals surface area (Å²) in [4.78, 5) is 30.0. The third-order valence-corrected chi connectivity index (χ3v) is 5.73. The molecule has 146 valence electrons. The van der Waals surface area contributed by atoms with E-state index in [9.17, 15) is 14.7 Å². The van der Waals surface area contributed by atoms with Crippen molar-refractivity contribution in [2.75, 3.05) is 0 Å². The van der Waals surface area contributed by atoms with Crippen molar-refractivity contribution in [3.63, 3.8) is 0 Å². The molecule has 0 saturated carbocycles. The zero-order valence-corrected chi connectivity index (χ0v) is 18.6. The van der Waals surface area contributed by atoms with E-state index in [4.69, 9.17) is 0 Å². The minimum Gasteiger partial charge on any atom is -0.507 e. The molecule has 4 nitrogen and oxygen atoms in total. The highest BCUT2D eigenvalue weighted by molar-refractivity contribution is 9.12. The van der Waals surface area contributed by atoms with Crippen molar-refractivity contribution >= 4 is 33.1 Å². The summed E-state index contributed by atoms with van der Waals surface area (Å²) in [6.07, 6.45) is 2.93. The maximum absolute atomic E-state index is 13.2. The normalized spacial score (nSPS) is 15.1. The molecule has 5 heteroatoms. The molecule has 0 atom stereocenters. The highest BCUT2D eigenvalue weighted by Crippen LogP contribution is 2.43. The second-order valence-electron chi connectivity index (χ2n) is 9.19. The van der Waals surface area contributed by atoms with Crippen LogP contribution in [0.4, 0.5) is 0 Å². The smallest absolute Gasteiger partial charge is 0.203 e. The summed E-state index contributed by atoms with van der Waals surface area (Å²) in [5.74, 6) is -0.255. The van der Waals surface area contributed by atoms with Gasteiger partial charge in [-0.05, 0) is 50.5 Å². The van der Waals surface area contributed by atoms with Crippen LogP contribution < -0.4 is 0 Å². The zero-order valence-electron chi connectivity index (χ0n) is 17.0. The summed E-state index contributed by atoms with van der Waals surface area (Å²) in [6.45, 7) is 12.1. The molecule has 1 heterocycles. The van der Waals surface area contributed by atoms with Crippen LogP contribution in [0.3, 0.4) is 0 Å². The number of phenols is 1. The van der Waals surface area contributed by atoms with Crippen molar-refractivity contribution in [2.24, 2.45) is 0 Å². The van der Waals surface area contributed by atoms with Gasteiger partial charge in [-0.15, -0.1) is 0 Å². The monoisotopic (exact) mass is 441 g/mol. The number of fused-ring (bicyclic) bond motifs is 1. The first-order valence-corrected chi connectivity index (χ1v) is 9.95. The van der Waals surface area contributed by atoms with E-state index in [1.165, 1.54) is 12.4 Å². The van der Waals surface area contributed by atoms with Gasteiger partial charge in [0.25, 0.3) is 0 Å². The SMILES string of the molecule is CC(C)(C)c1cc(C2=C(Br)C(=O)c3cnccc3C2=O)cc(C(C)(C)C)c1O. The van der Waals surface area contributed by atoms with E-state index >= 15 is 0 Å². The van der Waals surface area contributed by atoms with Gasteiger partial charge < -0.3 is 5.11 Å². The number of nitrogens with zero attached hydrogens (tertiary/aromatic N) is 1. The quantitative estimate of drug-likeness (QED) is 0.627. The summed E-state index contributed by atoms with van der Waals surface area (Å²) in [7, 11) is 0. The number of carbonyl (C=O) groups excluding carboxylic acids is 2. The average Bonchev–Trinajstić information content (AvgIpc) is 2.59. The number of allylic oxidation sites excluding steroid dienone is 2. The van der Waals surface area contributed by atoms with Gasteiger partial charge >= 0.3 is 0 Å². The van der Waals surface area contributed by atoms with E-state index in [2.05, 4.69) is 20.9 Å². The molecular formula is C23H24BrNO3. The number of aromatic hydroxyl groups is 1. The number of hydrogen-bond acceptors (Lipinski definition) is 4. The molecule has 2 aromatic rings. The lowest BCUT2D eigenvalue weighted by molar-refractivity contribution is 0.0999. The molecule has 0 bridgehead atoms. The van der Waals surface area contributed by atoms with Gasteiger partial charge in [0.2, 0.25) is 5.78 Å². The maximum atomic E-state index is 13.2. The third-order valence-electron chi connectivity index (χ3n) is 4.97. The van der Waals surface area contributed by atoms with Crippen LogP contribution in [-0.2, 0) is 10.8 Å². The first-order chi connectivity index (χ1) is 12.8. The Morgan fingerprint density at radius 3 is 1.93 bits per heavy atom. The molecule has 0 fully saturated rings. The molecule has 0 radical (unpaired) electrons. The number of pyridine rings is 1. The molecule has 1 aromatic carbocycles. The average molecular weight is 442 g/mol. The van der Waals surface area contributed by atoms with Crippen LogP contribution in [0.2, 0.25) is 0 Å². The Labute approximate surface area is 173 Å². The van der Waals surface area contributed by atoms with Crippen LogP contribution in [0, 0.1) is 0 Å². The van der Waals surface area contributed by atoms with E-state index < -0.39 is 0 Å². The van der Waals surface area contributed by atoms with Gasteiger partial charge in [-0.2, -0.15) is 0 Å². The van der Waals surface area contributed by atoms with Crippen LogP contribution in [0.5, 0.6) is 5.75 Å². The molecule has 0 unspecified atom stereocenters. The van der Waals surface area contributed by atoms with E-state index in [0.29, 0.717) is 22.3 Å². The minimum absolute atomic E-state index is 0.225. The highest BCUT2D eigenvalue weighted by atomic mass is 79.9. The Bertz CT molecular complexity index is 1000. The lowest BCUT2D eigenvalue weighted by atomic mass is 9.76. The molecule has 1 aliphatic rings. The molecule has 0 aliphatic heterocycles. The van der Waals surface area contributed by atoms with Gasteiger partial charge in [-0.3, -0.25) is 14.6 Å². The predicted molar refractivity (Wildman–Crippen MR) is 114 cm³/mol. The number of aromatic nitrogens is 1. The number of Topliss-reactive ketones (excluding diaryl/α,β-unsaturated/α-hetero) is 2. The fourth-order valence-electron chi connectivity index (χ4n) is 3.42. The van der Waals surface area contributed by atoms with E-state index in [-0.39, 0.29) is 32.6 Å². The number of benzene rings is 1. The first kappa shape index (κ1) is 20.5. The number of rotatable bonds is 1. The summed E-state index contributed by atoms with van der Waals surface area (Å²) >= 11 is 3.35. The lowest BCUT2D eigenvalue weighted by Gasteiger charge is -2.29. The number of phenolic OH excluding ortho intramolecular Hbond substituents is 1. The molecule has 28 heavy (non-hydrogen) atoms. The van der Waals surface area contributed by atoms with Crippen molar-refractivity contribution in [1.29, 1.82) is 0 Å². The fraction of sp³-hybridized carbons (Fsp3) is 0.348. The fourth-order valence-corrected chi connectivity index (χ4v) is 4.04. The Balaban J connectivity index is 2.34.